The van der Waals surface area contributed by atoms with Crippen molar-refractivity contribution in [1.82, 2.24) is 14.8 Å². The zero-order chi connectivity index (χ0) is 20.9. The molecule has 6 nitrogen and oxygen atoms in total. The van der Waals surface area contributed by atoms with Crippen LogP contribution in [-0.2, 0) is 0 Å². The number of nitrogens with one attached hydrogen (secondary N) is 2. The summed E-state index contributed by atoms with van der Waals surface area (Å²) in [5.74, 6) is -0.103. The molecule has 0 saturated heterocycles. The Kier molecular flexibility index (Phi) is 4.53. The van der Waals surface area contributed by atoms with Crippen molar-refractivity contribution in [3.05, 3.63) is 47.5 Å². The Morgan fingerprint density at radius 3 is 2.70 bits per heavy atom. The lowest BCUT2D eigenvalue weighted by molar-refractivity contribution is -0.174. The minimum absolute atomic E-state index is 0.0698. The number of rotatable bonds is 4. The number of halogens is 3. The van der Waals surface area contributed by atoms with Gasteiger partial charge in [-0.1, -0.05) is 30.3 Å². The highest BCUT2D eigenvalue weighted by Crippen LogP contribution is 2.45. The first-order valence-electron chi connectivity index (χ1n) is 9.63. The number of aromatic nitrogens is 3. The number of fused-ring (bicyclic) bond motifs is 1. The molecule has 0 radical (unpaired) electrons. The van der Waals surface area contributed by atoms with Crippen molar-refractivity contribution in [3.63, 3.8) is 0 Å². The van der Waals surface area contributed by atoms with Crippen LogP contribution in [0.5, 0.6) is 0 Å². The minimum Gasteiger partial charge on any atom is -0.367 e. The predicted octanol–water partition coefficient (Wildman–Crippen LogP) is 4.96. The number of thiazole rings is 1. The fraction of sp³-hybridized carbons (Fsp3) is 0.350. The van der Waals surface area contributed by atoms with Crippen molar-refractivity contribution >= 4 is 28.2 Å². The molecule has 1 amide bonds. The monoisotopic (exact) mass is 433 g/mol. The summed E-state index contributed by atoms with van der Waals surface area (Å²) < 4.78 is 41.7. The maximum Gasteiger partial charge on any atom is 0.410 e. The highest BCUT2D eigenvalue weighted by atomic mass is 32.1. The van der Waals surface area contributed by atoms with Crippen molar-refractivity contribution in [2.24, 2.45) is 5.92 Å². The molecule has 2 atom stereocenters. The Balaban J connectivity index is 1.37. The second-order valence-electron chi connectivity index (χ2n) is 7.60. The number of nitrogens with zero attached hydrogens (tertiary/aromatic N) is 3. The van der Waals surface area contributed by atoms with Gasteiger partial charge in [-0.3, -0.25) is 10.1 Å². The molecule has 1 aromatic carbocycles. The van der Waals surface area contributed by atoms with E-state index in [0.717, 1.165) is 23.1 Å². The van der Waals surface area contributed by atoms with Crippen molar-refractivity contribution in [2.75, 3.05) is 10.6 Å². The van der Waals surface area contributed by atoms with Crippen molar-refractivity contribution in [2.45, 2.75) is 37.5 Å². The standard InChI is InChI=1S/C20H18F3N5OS/c21-20(22,23)16-8-13(12-6-7-12)24-17-9-14(27-28(16)17)18(29)26-19-25-15(10-30-19)11-4-2-1-3-5-11/h1-5,9-10,12-13,16,24H,6-8H2,(H,25,26,29). The quantitative estimate of drug-likeness (QED) is 0.610. The zero-order valence-corrected chi connectivity index (χ0v) is 16.5. The van der Waals surface area contributed by atoms with E-state index in [4.69, 9.17) is 0 Å². The molecule has 2 unspecified atom stereocenters. The van der Waals surface area contributed by atoms with Crippen LogP contribution in [-0.4, -0.2) is 32.9 Å². The second kappa shape index (κ2) is 7.12. The molecule has 3 heterocycles. The first kappa shape index (κ1) is 19.1. The van der Waals surface area contributed by atoms with Crippen molar-refractivity contribution in [3.8, 4) is 11.3 Å². The van der Waals surface area contributed by atoms with Gasteiger partial charge in [0, 0.05) is 23.1 Å². The van der Waals surface area contributed by atoms with Crippen LogP contribution in [0.15, 0.2) is 41.8 Å². The van der Waals surface area contributed by atoms with Gasteiger partial charge in [0.2, 0.25) is 0 Å². The van der Waals surface area contributed by atoms with Crippen LogP contribution in [0, 0.1) is 5.92 Å². The molecule has 2 N–H and O–H groups in total. The van der Waals surface area contributed by atoms with Gasteiger partial charge in [-0.05, 0) is 25.2 Å². The third kappa shape index (κ3) is 3.67. The topological polar surface area (TPSA) is 71.8 Å². The number of hydrogen-bond donors (Lipinski definition) is 2. The van der Waals surface area contributed by atoms with Crippen LogP contribution in [0.3, 0.4) is 0 Å². The molecule has 1 aliphatic heterocycles. The largest absolute Gasteiger partial charge is 0.410 e. The number of anilines is 2. The summed E-state index contributed by atoms with van der Waals surface area (Å²) in [5, 5.41) is 11.9. The predicted molar refractivity (Wildman–Crippen MR) is 108 cm³/mol. The molecule has 3 aromatic rings. The number of alkyl halides is 3. The summed E-state index contributed by atoms with van der Waals surface area (Å²) in [6.45, 7) is 0. The molecule has 1 aliphatic carbocycles. The van der Waals surface area contributed by atoms with Crippen LogP contribution in [0.25, 0.3) is 11.3 Å². The molecule has 0 spiro atoms. The van der Waals surface area contributed by atoms with Gasteiger partial charge in [0.1, 0.15) is 5.82 Å². The van der Waals surface area contributed by atoms with E-state index >= 15 is 0 Å². The van der Waals surface area contributed by atoms with Gasteiger partial charge in [0.25, 0.3) is 5.91 Å². The number of benzene rings is 1. The van der Waals surface area contributed by atoms with Gasteiger partial charge >= 0.3 is 6.18 Å². The van der Waals surface area contributed by atoms with E-state index in [9.17, 15) is 18.0 Å². The minimum atomic E-state index is -4.43. The average Bonchev–Trinajstić information content (AvgIpc) is 3.31. The lowest BCUT2D eigenvalue weighted by Crippen LogP contribution is -2.40. The van der Waals surface area contributed by atoms with Gasteiger partial charge in [-0.15, -0.1) is 11.3 Å². The zero-order valence-electron chi connectivity index (χ0n) is 15.7. The molecular formula is C20H18F3N5OS. The van der Waals surface area contributed by atoms with Gasteiger partial charge in [-0.2, -0.15) is 18.3 Å². The maximum atomic E-state index is 13.6. The summed E-state index contributed by atoms with van der Waals surface area (Å²) in [7, 11) is 0. The number of carbonyl (C=O) groups excluding carboxylic acids is 1. The van der Waals surface area contributed by atoms with E-state index in [2.05, 4.69) is 20.7 Å². The Labute approximate surface area is 174 Å². The summed E-state index contributed by atoms with van der Waals surface area (Å²) in [5.41, 5.74) is 1.56. The van der Waals surface area contributed by atoms with Crippen LogP contribution in [0.4, 0.5) is 24.1 Å². The number of hydrogen-bond acceptors (Lipinski definition) is 5. The van der Waals surface area contributed by atoms with Gasteiger partial charge in [-0.25, -0.2) is 9.67 Å². The lowest BCUT2D eigenvalue weighted by Gasteiger charge is -2.33. The van der Waals surface area contributed by atoms with Crippen molar-refractivity contribution < 1.29 is 18.0 Å². The smallest absolute Gasteiger partial charge is 0.367 e. The first-order chi connectivity index (χ1) is 14.4. The third-order valence-corrected chi connectivity index (χ3v) is 6.19. The molecule has 156 valence electrons. The molecule has 5 rings (SSSR count). The SMILES string of the molecule is O=C(Nc1nc(-c2ccccc2)cs1)c1cc2n(n1)C(C(F)(F)F)CC(C1CC1)N2. The Bertz CT molecular complexity index is 1070. The number of carbonyl (C=O) groups is 1. The third-order valence-electron chi connectivity index (χ3n) is 5.44. The number of amides is 1. The van der Waals surface area contributed by atoms with Gasteiger partial charge in [0.15, 0.2) is 16.9 Å². The molecule has 10 heteroatoms. The Hall–Kier alpha value is -2.88. The summed E-state index contributed by atoms with van der Waals surface area (Å²) >= 11 is 1.25. The molecular weight excluding hydrogens is 415 g/mol. The fourth-order valence-corrected chi connectivity index (χ4v) is 4.47. The fourth-order valence-electron chi connectivity index (χ4n) is 3.76. The molecule has 2 aromatic heterocycles. The van der Waals surface area contributed by atoms with Gasteiger partial charge < -0.3 is 5.32 Å². The lowest BCUT2D eigenvalue weighted by atomic mass is 10.0. The van der Waals surface area contributed by atoms with Crippen LogP contribution in [0.2, 0.25) is 0 Å². The van der Waals surface area contributed by atoms with E-state index < -0.39 is 18.1 Å². The molecule has 0 bridgehead atoms. The second-order valence-corrected chi connectivity index (χ2v) is 8.46. The summed E-state index contributed by atoms with van der Waals surface area (Å²) in [6, 6.07) is 8.90. The highest BCUT2D eigenvalue weighted by molar-refractivity contribution is 7.14. The molecule has 30 heavy (non-hydrogen) atoms. The first-order valence-corrected chi connectivity index (χ1v) is 10.5. The highest BCUT2D eigenvalue weighted by Gasteiger charge is 2.49. The van der Waals surface area contributed by atoms with E-state index in [1.165, 1.54) is 17.4 Å². The summed E-state index contributed by atoms with van der Waals surface area (Å²) in [6.07, 6.45) is -2.64. The van der Waals surface area contributed by atoms with Crippen LogP contribution < -0.4 is 10.6 Å². The van der Waals surface area contributed by atoms with E-state index in [1.807, 2.05) is 35.7 Å². The van der Waals surface area contributed by atoms with Crippen LogP contribution >= 0.6 is 11.3 Å². The van der Waals surface area contributed by atoms with Crippen LogP contribution in [0.1, 0.15) is 35.8 Å². The van der Waals surface area contributed by atoms with E-state index in [1.54, 1.807) is 0 Å². The van der Waals surface area contributed by atoms with E-state index in [0.29, 0.717) is 10.8 Å². The average molecular weight is 433 g/mol. The Morgan fingerprint density at radius 1 is 1.23 bits per heavy atom. The molecule has 1 fully saturated rings. The molecule has 2 aliphatic rings. The van der Waals surface area contributed by atoms with Gasteiger partial charge in [0.05, 0.1) is 5.69 Å². The van der Waals surface area contributed by atoms with Crippen molar-refractivity contribution in [1.29, 1.82) is 0 Å². The van der Waals surface area contributed by atoms with E-state index in [-0.39, 0.29) is 29.9 Å². The Morgan fingerprint density at radius 2 is 2.00 bits per heavy atom. The normalized spacial score (nSPS) is 21.0. The summed E-state index contributed by atoms with van der Waals surface area (Å²) in [4.78, 5) is 17.0. The molecule has 1 saturated carbocycles. The maximum absolute atomic E-state index is 13.6.